The van der Waals surface area contributed by atoms with Crippen LogP contribution in [0.15, 0.2) is 18.3 Å². The molecule has 0 bridgehead atoms. The predicted molar refractivity (Wildman–Crippen MR) is 80.1 cm³/mol. The fourth-order valence-electron chi connectivity index (χ4n) is 3.81. The largest absolute Gasteiger partial charge is 0.417 e. The van der Waals surface area contributed by atoms with Gasteiger partial charge in [0.05, 0.1) is 0 Å². The van der Waals surface area contributed by atoms with Crippen LogP contribution in [0.3, 0.4) is 0 Å². The smallest absolute Gasteiger partial charge is 0.388 e. The Labute approximate surface area is 133 Å². The molecule has 0 aliphatic heterocycles. The summed E-state index contributed by atoms with van der Waals surface area (Å²) in [5.41, 5.74) is 0.661. The minimum Gasteiger partial charge on any atom is -0.417 e. The van der Waals surface area contributed by atoms with Gasteiger partial charge in [-0.05, 0) is 36.3 Å². The van der Waals surface area contributed by atoms with Crippen LogP contribution >= 0.6 is 0 Å². The van der Waals surface area contributed by atoms with E-state index in [-0.39, 0.29) is 24.5 Å². The fraction of sp³-hybridized carbons (Fsp3) is 0.625. The summed E-state index contributed by atoms with van der Waals surface area (Å²) >= 11 is 0. The number of halogens is 2. The molecule has 23 heavy (non-hydrogen) atoms. The predicted octanol–water partition coefficient (Wildman–Crippen LogP) is 3.06. The number of rotatable bonds is 5. The summed E-state index contributed by atoms with van der Waals surface area (Å²) in [5.74, 6) is 1.40. The zero-order valence-corrected chi connectivity index (χ0v) is 12.8. The van der Waals surface area contributed by atoms with Gasteiger partial charge in [0.25, 0.3) is 0 Å². The van der Waals surface area contributed by atoms with E-state index in [1.807, 2.05) is 0 Å². The number of carbonyl (C=O) groups is 1. The van der Waals surface area contributed by atoms with Crippen LogP contribution in [0.25, 0.3) is 0 Å². The molecule has 0 saturated heterocycles. The molecule has 2 saturated carbocycles. The minimum absolute atomic E-state index is 0.150. The summed E-state index contributed by atoms with van der Waals surface area (Å²) in [4.78, 5) is 15.7. The molecule has 3 atom stereocenters. The minimum atomic E-state index is -2.91. The number of alkyl halides is 2. The van der Waals surface area contributed by atoms with Crippen LogP contribution in [0.5, 0.6) is 5.88 Å². The number of pyridine rings is 1. The maximum atomic E-state index is 12.1. The van der Waals surface area contributed by atoms with E-state index in [9.17, 15) is 13.6 Å². The van der Waals surface area contributed by atoms with Crippen molar-refractivity contribution in [1.29, 1.82) is 0 Å². The molecule has 2 aliphatic carbocycles. The lowest BCUT2D eigenvalue weighted by Gasteiger charge is -2.14. The van der Waals surface area contributed by atoms with Crippen LogP contribution < -0.4 is 15.4 Å². The third kappa shape index (κ3) is 4.30. The summed E-state index contributed by atoms with van der Waals surface area (Å²) in [5, 5.41) is 5.76. The lowest BCUT2D eigenvalue weighted by atomic mass is 10.0. The molecule has 0 radical (unpaired) electrons. The van der Waals surface area contributed by atoms with Crippen LogP contribution in [0.4, 0.5) is 13.6 Å². The Morgan fingerprint density at radius 3 is 2.78 bits per heavy atom. The highest BCUT2D eigenvalue weighted by Gasteiger charge is 2.37. The summed E-state index contributed by atoms with van der Waals surface area (Å²) in [6, 6.07) is 3.08. The maximum absolute atomic E-state index is 12.1. The number of aromatic nitrogens is 1. The molecule has 2 aliphatic rings. The number of urea groups is 1. The Hall–Kier alpha value is -1.92. The normalized spacial score (nSPS) is 26.1. The van der Waals surface area contributed by atoms with Gasteiger partial charge < -0.3 is 15.4 Å². The fourth-order valence-corrected chi connectivity index (χ4v) is 3.81. The maximum Gasteiger partial charge on any atom is 0.388 e. The first-order valence-electron chi connectivity index (χ1n) is 8.04. The molecule has 1 heterocycles. The molecule has 0 aromatic carbocycles. The molecule has 2 amide bonds. The molecule has 7 heteroatoms. The summed E-state index contributed by atoms with van der Waals surface area (Å²) in [7, 11) is 0. The zero-order chi connectivity index (χ0) is 16.2. The molecule has 1 aromatic rings. The number of fused-ring (bicyclic) bond motifs is 1. The molecule has 3 rings (SSSR count). The first-order chi connectivity index (χ1) is 11.1. The Balaban J connectivity index is 1.44. The molecular weight excluding hydrogens is 304 g/mol. The molecule has 126 valence electrons. The monoisotopic (exact) mass is 325 g/mol. The van der Waals surface area contributed by atoms with E-state index in [4.69, 9.17) is 0 Å². The van der Waals surface area contributed by atoms with Crippen molar-refractivity contribution < 1.29 is 18.3 Å². The lowest BCUT2D eigenvalue weighted by molar-refractivity contribution is -0.0529. The number of nitrogens with zero attached hydrogens (tertiary/aromatic N) is 1. The average molecular weight is 325 g/mol. The molecule has 1 aromatic heterocycles. The first-order valence-corrected chi connectivity index (χ1v) is 8.04. The van der Waals surface area contributed by atoms with Crippen molar-refractivity contribution in [3.8, 4) is 5.88 Å². The van der Waals surface area contributed by atoms with Crippen molar-refractivity contribution in [2.75, 3.05) is 0 Å². The molecule has 5 nitrogen and oxygen atoms in total. The van der Waals surface area contributed by atoms with Crippen LogP contribution in [-0.4, -0.2) is 23.7 Å². The second kappa shape index (κ2) is 7.10. The summed E-state index contributed by atoms with van der Waals surface area (Å²) in [6.07, 6.45) is 7.41. The molecule has 2 fully saturated rings. The summed E-state index contributed by atoms with van der Waals surface area (Å²) < 4.78 is 28.5. The Morgan fingerprint density at radius 1 is 1.35 bits per heavy atom. The van der Waals surface area contributed by atoms with Gasteiger partial charge in [-0.25, -0.2) is 9.78 Å². The van der Waals surface area contributed by atoms with Crippen molar-refractivity contribution in [2.45, 2.75) is 51.3 Å². The first kappa shape index (κ1) is 16.0. The van der Waals surface area contributed by atoms with Gasteiger partial charge in [-0.2, -0.15) is 8.78 Å². The number of amides is 2. The van der Waals surface area contributed by atoms with Crippen molar-refractivity contribution in [2.24, 2.45) is 11.8 Å². The topological polar surface area (TPSA) is 63.2 Å². The second-order valence-corrected chi connectivity index (χ2v) is 6.33. The van der Waals surface area contributed by atoms with Gasteiger partial charge >= 0.3 is 12.6 Å². The van der Waals surface area contributed by atoms with Gasteiger partial charge in [0.15, 0.2) is 0 Å². The number of hydrogen-bond donors (Lipinski definition) is 2. The Morgan fingerprint density at radius 2 is 2.09 bits per heavy atom. The van der Waals surface area contributed by atoms with Gasteiger partial charge in [-0.1, -0.05) is 19.3 Å². The third-order valence-corrected chi connectivity index (χ3v) is 4.79. The summed E-state index contributed by atoms with van der Waals surface area (Å²) in [6.45, 7) is -2.66. The molecule has 2 N–H and O–H groups in total. The van der Waals surface area contributed by atoms with Crippen LogP contribution in [0.1, 0.15) is 37.7 Å². The SMILES string of the molecule is O=C(NCc1ccnc(OC(F)F)c1)NC1CC2CCC[C@H]2C1. The highest BCUT2D eigenvalue weighted by atomic mass is 19.3. The molecule has 0 spiro atoms. The van der Waals surface area contributed by atoms with Crippen molar-refractivity contribution in [3.05, 3.63) is 23.9 Å². The Bertz CT molecular complexity index is 544. The van der Waals surface area contributed by atoms with Crippen molar-refractivity contribution in [1.82, 2.24) is 15.6 Å². The lowest BCUT2D eigenvalue weighted by Crippen LogP contribution is -2.40. The van der Waals surface area contributed by atoms with Gasteiger partial charge in [0.2, 0.25) is 5.88 Å². The number of carbonyl (C=O) groups excluding carboxylic acids is 1. The van der Waals surface area contributed by atoms with Crippen LogP contribution in [0, 0.1) is 11.8 Å². The Kier molecular flexibility index (Phi) is 4.93. The second-order valence-electron chi connectivity index (χ2n) is 6.33. The number of nitrogens with one attached hydrogen (secondary N) is 2. The van der Waals surface area contributed by atoms with Crippen LogP contribution in [-0.2, 0) is 6.54 Å². The van der Waals surface area contributed by atoms with Crippen molar-refractivity contribution in [3.63, 3.8) is 0 Å². The number of hydrogen-bond acceptors (Lipinski definition) is 3. The van der Waals surface area contributed by atoms with Crippen LogP contribution in [0.2, 0.25) is 0 Å². The van der Waals surface area contributed by atoms with Crippen molar-refractivity contribution >= 4 is 6.03 Å². The standard InChI is InChI=1S/C16H21F2N3O2/c17-15(18)23-14-6-10(4-5-19-14)9-20-16(22)21-13-7-11-2-1-3-12(11)8-13/h4-6,11-13,15H,1-3,7-9H2,(H2,20,21,22)/t11-,12?,13?/m0/s1. The number of ether oxygens (including phenoxy) is 1. The van der Waals surface area contributed by atoms with E-state index in [0.29, 0.717) is 5.56 Å². The average Bonchev–Trinajstić information content (AvgIpc) is 3.06. The van der Waals surface area contributed by atoms with E-state index in [1.165, 1.54) is 31.5 Å². The van der Waals surface area contributed by atoms with E-state index in [2.05, 4.69) is 20.4 Å². The van der Waals surface area contributed by atoms with E-state index >= 15 is 0 Å². The molecule has 2 unspecified atom stereocenters. The highest BCUT2D eigenvalue weighted by molar-refractivity contribution is 5.74. The van der Waals surface area contributed by atoms with Gasteiger partial charge in [0, 0.05) is 24.8 Å². The zero-order valence-electron chi connectivity index (χ0n) is 12.8. The van der Waals surface area contributed by atoms with Gasteiger partial charge in [-0.15, -0.1) is 0 Å². The van der Waals surface area contributed by atoms with Gasteiger partial charge in [0.1, 0.15) is 0 Å². The quantitative estimate of drug-likeness (QED) is 0.874. The van der Waals surface area contributed by atoms with E-state index in [0.717, 1.165) is 24.7 Å². The van der Waals surface area contributed by atoms with E-state index in [1.54, 1.807) is 6.07 Å². The van der Waals surface area contributed by atoms with E-state index < -0.39 is 6.61 Å². The highest BCUT2D eigenvalue weighted by Crippen LogP contribution is 2.43. The third-order valence-electron chi connectivity index (χ3n) is 4.79. The van der Waals surface area contributed by atoms with Gasteiger partial charge in [-0.3, -0.25) is 0 Å². The molecular formula is C16H21F2N3O2.